The number of amides is 1. The smallest absolute Gasteiger partial charge is 0.234 e. The van der Waals surface area contributed by atoms with Gasteiger partial charge in [0.25, 0.3) is 0 Å². The maximum absolute atomic E-state index is 13.5. The molecule has 3 aromatic rings. The van der Waals surface area contributed by atoms with Crippen LogP contribution >= 0.6 is 11.8 Å². The van der Waals surface area contributed by atoms with Gasteiger partial charge in [-0.2, -0.15) is 0 Å². The number of nitrogens with zero attached hydrogens (tertiary/aromatic N) is 2. The van der Waals surface area contributed by atoms with E-state index in [-0.39, 0.29) is 17.5 Å². The quantitative estimate of drug-likeness (QED) is 0.502. The van der Waals surface area contributed by atoms with E-state index in [2.05, 4.69) is 15.3 Å². The Kier molecular flexibility index (Phi) is 5.86. The van der Waals surface area contributed by atoms with Crippen LogP contribution in [0.4, 0.5) is 10.1 Å². The van der Waals surface area contributed by atoms with Gasteiger partial charge >= 0.3 is 0 Å². The Hall–Kier alpha value is -2.73. The second-order valence-corrected chi connectivity index (χ2v) is 7.28. The Balaban J connectivity index is 1.72. The summed E-state index contributed by atoms with van der Waals surface area (Å²) < 4.78 is 13.5. The number of thioether (sulfide) groups is 1. The summed E-state index contributed by atoms with van der Waals surface area (Å²) in [6, 6.07) is 13.9. The first kappa shape index (κ1) is 19.0. The van der Waals surface area contributed by atoms with Crippen LogP contribution in [-0.4, -0.2) is 21.6 Å². The van der Waals surface area contributed by atoms with Gasteiger partial charge in [0.1, 0.15) is 10.8 Å². The number of aryl methyl sites for hydroxylation is 3. The van der Waals surface area contributed by atoms with Gasteiger partial charge in [-0.15, -0.1) is 0 Å². The van der Waals surface area contributed by atoms with E-state index in [1.54, 1.807) is 12.1 Å². The number of benzene rings is 2. The van der Waals surface area contributed by atoms with E-state index in [0.717, 1.165) is 22.5 Å². The standard InChI is InChI=1S/C21H20FN3OS/c1-13-6-4-7-14(2)20(13)24-18(26)12-27-19-10-15(3)23-21(25-19)16-8-5-9-17(22)11-16/h4-11H,12H2,1-3H3,(H,24,26). The molecule has 0 saturated carbocycles. The predicted molar refractivity (Wildman–Crippen MR) is 107 cm³/mol. The number of carbonyl (C=O) groups excluding carboxylic acids is 1. The maximum atomic E-state index is 13.5. The van der Waals surface area contributed by atoms with Crippen LogP contribution < -0.4 is 5.32 Å². The number of nitrogens with one attached hydrogen (secondary N) is 1. The molecule has 0 aliphatic heterocycles. The minimum absolute atomic E-state index is 0.0963. The van der Waals surface area contributed by atoms with Crippen molar-refractivity contribution >= 4 is 23.4 Å². The lowest BCUT2D eigenvalue weighted by Crippen LogP contribution is -2.16. The third kappa shape index (κ3) is 4.92. The summed E-state index contributed by atoms with van der Waals surface area (Å²) in [6.45, 7) is 5.79. The van der Waals surface area contributed by atoms with Gasteiger partial charge in [0.15, 0.2) is 5.82 Å². The molecule has 0 unspecified atom stereocenters. The lowest BCUT2D eigenvalue weighted by Gasteiger charge is -2.11. The van der Waals surface area contributed by atoms with Crippen molar-refractivity contribution in [1.29, 1.82) is 0 Å². The third-order valence-electron chi connectivity index (χ3n) is 4.01. The van der Waals surface area contributed by atoms with Gasteiger partial charge in [-0.1, -0.05) is 42.1 Å². The van der Waals surface area contributed by atoms with Gasteiger partial charge in [0.2, 0.25) is 5.91 Å². The van der Waals surface area contributed by atoms with E-state index in [1.807, 2.05) is 45.0 Å². The van der Waals surface area contributed by atoms with Crippen molar-refractivity contribution in [2.24, 2.45) is 0 Å². The highest BCUT2D eigenvalue weighted by Crippen LogP contribution is 2.23. The molecule has 0 spiro atoms. The van der Waals surface area contributed by atoms with E-state index in [9.17, 15) is 9.18 Å². The van der Waals surface area contributed by atoms with Gasteiger partial charge in [-0.25, -0.2) is 14.4 Å². The van der Waals surface area contributed by atoms with Crippen LogP contribution in [0, 0.1) is 26.6 Å². The topological polar surface area (TPSA) is 54.9 Å². The minimum Gasteiger partial charge on any atom is -0.325 e. The molecule has 0 aliphatic rings. The van der Waals surface area contributed by atoms with E-state index >= 15 is 0 Å². The largest absolute Gasteiger partial charge is 0.325 e. The highest BCUT2D eigenvalue weighted by molar-refractivity contribution is 7.99. The van der Waals surface area contributed by atoms with Crippen molar-refractivity contribution in [1.82, 2.24) is 9.97 Å². The summed E-state index contributed by atoms with van der Waals surface area (Å²) in [5.41, 5.74) is 4.28. The molecular weight excluding hydrogens is 361 g/mol. The number of carbonyl (C=O) groups is 1. The lowest BCUT2D eigenvalue weighted by atomic mass is 10.1. The number of hydrogen-bond acceptors (Lipinski definition) is 4. The van der Waals surface area contributed by atoms with Crippen LogP contribution in [0.2, 0.25) is 0 Å². The summed E-state index contributed by atoms with van der Waals surface area (Å²) in [5.74, 6) is 0.250. The molecule has 1 heterocycles. The molecule has 0 radical (unpaired) electrons. The van der Waals surface area contributed by atoms with E-state index < -0.39 is 0 Å². The number of rotatable bonds is 5. The van der Waals surface area contributed by atoms with Crippen molar-refractivity contribution in [3.8, 4) is 11.4 Å². The first-order valence-electron chi connectivity index (χ1n) is 8.53. The molecule has 2 aromatic carbocycles. The number of anilines is 1. The average Bonchev–Trinajstić information content (AvgIpc) is 2.63. The summed E-state index contributed by atoms with van der Waals surface area (Å²) in [6.07, 6.45) is 0. The Morgan fingerprint density at radius 2 is 1.74 bits per heavy atom. The van der Waals surface area contributed by atoms with Crippen LogP contribution in [0.5, 0.6) is 0 Å². The minimum atomic E-state index is -0.334. The zero-order valence-electron chi connectivity index (χ0n) is 15.4. The Bertz CT molecular complexity index is 971. The Morgan fingerprint density at radius 1 is 1.04 bits per heavy atom. The van der Waals surface area contributed by atoms with Crippen molar-refractivity contribution < 1.29 is 9.18 Å². The van der Waals surface area contributed by atoms with E-state index in [0.29, 0.717) is 16.4 Å². The highest BCUT2D eigenvalue weighted by atomic mass is 32.2. The molecule has 4 nitrogen and oxygen atoms in total. The van der Waals surface area contributed by atoms with Crippen LogP contribution in [0.3, 0.4) is 0 Å². The van der Waals surface area contributed by atoms with Gasteiger partial charge < -0.3 is 5.32 Å². The number of para-hydroxylation sites is 1. The van der Waals surface area contributed by atoms with Crippen molar-refractivity contribution in [3.63, 3.8) is 0 Å². The predicted octanol–water partition coefficient (Wildman–Crippen LogP) is 4.94. The fraction of sp³-hybridized carbons (Fsp3) is 0.190. The molecule has 0 aliphatic carbocycles. The van der Waals surface area contributed by atoms with Gasteiger partial charge in [-0.05, 0) is 50.1 Å². The summed E-state index contributed by atoms with van der Waals surface area (Å²) in [4.78, 5) is 21.2. The third-order valence-corrected chi connectivity index (χ3v) is 4.92. The molecule has 1 N–H and O–H groups in total. The van der Waals surface area contributed by atoms with E-state index in [1.165, 1.54) is 23.9 Å². The first-order valence-corrected chi connectivity index (χ1v) is 9.51. The van der Waals surface area contributed by atoms with Crippen LogP contribution in [0.15, 0.2) is 53.6 Å². The van der Waals surface area contributed by atoms with Crippen LogP contribution in [0.25, 0.3) is 11.4 Å². The number of hydrogen-bond donors (Lipinski definition) is 1. The Labute approximate surface area is 162 Å². The number of halogens is 1. The average molecular weight is 381 g/mol. The molecule has 138 valence electrons. The summed E-state index contributed by atoms with van der Waals surface area (Å²) in [7, 11) is 0. The molecule has 0 fully saturated rings. The Morgan fingerprint density at radius 3 is 2.44 bits per heavy atom. The zero-order chi connectivity index (χ0) is 19.4. The molecular formula is C21H20FN3OS. The zero-order valence-corrected chi connectivity index (χ0v) is 16.2. The highest BCUT2D eigenvalue weighted by Gasteiger charge is 2.11. The van der Waals surface area contributed by atoms with Crippen LogP contribution in [-0.2, 0) is 4.79 Å². The van der Waals surface area contributed by atoms with Gasteiger partial charge in [0, 0.05) is 16.9 Å². The number of aromatic nitrogens is 2. The molecule has 6 heteroatoms. The van der Waals surface area contributed by atoms with Gasteiger partial charge in [0.05, 0.1) is 5.75 Å². The van der Waals surface area contributed by atoms with E-state index in [4.69, 9.17) is 0 Å². The fourth-order valence-corrected chi connectivity index (χ4v) is 3.45. The molecule has 0 bridgehead atoms. The van der Waals surface area contributed by atoms with Crippen molar-refractivity contribution in [2.45, 2.75) is 25.8 Å². The first-order chi connectivity index (χ1) is 12.9. The maximum Gasteiger partial charge on any atom is 0.234 e. The molecule has 3 rings (SSSR count). The normalized spacial score (nSPS) is 10.7. The molecule has 1 aromatic heterocycles. The molecule has 0 atom stereocenters. The van der Waals surface area contributed by atoms with Crippen molar-refractivity contribution in [2.75, 3.05) is 11.1 Å². The molecule has 27 heavy (non-hydrogen) atoms. The molecule has 1 amide bonds. The monoisotopic (exact) mass is 381 g/mol. The van der Waals surface area contributed by atoms with Crippen molar-refractivity contribution in [3.05, 3.63) is 71.2 Å². The molecule has 0 saturated heterocycles. The fourth-order valence-electron chi connectivity index (χ4n) is 2.70. The summed E-state index contributed by atoms with van der Waals surface area (Å²) in [5, 5.41) is 3.64. The summed E-state index contributed by atoms with van der Waals surface area (Å²) >= 11 is 1.33. The second-order valence-electron chi connectivity index (χ2n) is 6.29. The second kappa shape index (κ2) is 8.31. The lowest BCUT2D eigenvalue weighted by molar-refractivity contribution is -0.113. The van der Waals surface area contributed by atoms with Gasteiger partial charge in [-0.3, -0.25) is 4.79 Å². The SMILES string of the molecule is Cc1cc(SCC(=O)Nc2c(C)cccc2C)nc(-c2cccc(F)c2)n1. The van der Waals surface area contributed by atoms with Crippen LogP contribution in [0.1, 0.15) is 16.8 Å².